The molecular weight excluding hydrogens is 432 g/mol. The summed E-state index contributed by atoms with van der Waals surface area (Å²) in [7, 11) is 1.43. The molecule has 1 amide bonds. The molecule has 0 spiro atoms. The van der Waals surface area contributed by atoms with E-state index in [2.05, 4.69) is 49.7 Å². The zero-order valence-electron chi connectivity index (χ0n) is 19.8. The number of H-pyrrole nitrogens is 1. The van der Waals surface area contributed by atoms with E-state index in [0.717, 1.165) is 60.7 Å². The van der Waals surface area contributed by atoms with Crippen LogP contribution in [0.15, 0.2) is 27.7 Å². The van der Waals surface area contributed by atoms with Crippen LogP contribution in [0.1, 0.15) is 65.4 Å². The summed E-state index contributed by atoms with van der Waals surface area (Å²) in [6.45, 7) is 12.9. The number of rotatable bonds is 17. The Morgan fingerprint density at radius 3 is 2.16 bits per heavy atom. The van der Waals surface area contributed by atoms with Crippen molar-refractivity contribution < 1.29 is 14.2 Å². The lowest BCUT2D eigenvalue weighted by atomic mass is 9.84. The van der Waals surface area contributed by atoms with E-state index >= 15 is 0 Å². The summed E-state index contributed by atoms with van der Waals surface area (Å²) in [6.07, 6.45) is 7.18. The number of hydrogen-bond donors (Lipinski definition) is 2. The van der Waals surface area contributed by atoms with Crippen molar-refractivity contribution in [3.63, 3.8) is 0 Å². The maximum atomic E-state index is 11.7. The van der Waals surface area contributed by atoms with Crippen LogP contribution >= 0.6 is 23.5 Å². The van der Waals surface area contributed by atoms with E-state index < -0.39 is 0 Å². The van der Waals surface area contributed by atoms with Crippen molar-refractivity contribution in [3.8, 4) is 0 Å². The van der Waals surface area contributed by atoms with Gasteiger partial charge in [0.15, 0.2) is 0 Å². The van der Waals surface area contributed by atoms with Crippen molar-refractivity contribution in [2.45, 2.75) is 66.2 Å². The molecule has 0 bridgehead atoms. The number of aromatic amines is 1. The van der Waals surface area contributed by atoms with Gasteiger partial charge in [0.25, 0.3) is 11.5 Å². The minimum Gasteiger partial charge on any atom is -0.387 e. The van der Waals surface area contributed by atoms with E-state index in [9.17, 15) is 9.59 Å². The lowest BCUT2D eigenvalue weighted by molar-refractivity contribution is -0.127. The summed E-state index contributed by atoms with van der Waals surface area (Å²) in [5.41, 5.74) is 3.93. The Balaban J connectivity index is 2.08. The van der Waals surface area contributed by atoms with Gasteiger partial charge in [-0.05, 0) is 60.9 Å². The highest BCUT2D eigenvalue weighted by Gasteiger charge is 2.20. The number of nitrogens with one attached hydrogen (secondary N) is 2. The topological polar surface area (TPSA) is 84.3 Å². The fourth-order valence-electron chi connectivity index (χ4n) is 2.96. The molecule has 0 unspecified atom stereocenters. The van der Waals surface area contributed by atoms with E-state index in [4.69, 9.17) is 4.52 Å². The van der Waals surface area contributed by atoms with Gasteiger partial charge >= 0.3 is 0 Å². The average Bonchev–Trinajstić information content (AvgIpc) is 3.11. The molecule has 1 rings (SSSR count). The molecule has 8 heteroatoms. The van der Waals surface area contributed by atoms with Crippen LogP contribution in [-0.4, -0.2) is 41.2 Å². The van der Waals surface area contributed by atoms with Crippen molar-refractivity contribution in [2.75, 3.05) is 30.1 Å². The van der Waals surface area contributed by atoms with Crippen molar-refractivity contribution >= 4 is 29.4 Å². The molecule has 31 heavy (non-hydrogen) atoms. The predicted octanol–water partition coefficient (Wildman–Crippen LogP) is 5.21. The van der Waals surface area contributed by atoms with E-state index in [-0.39, 0.29) is 22.3 Å². The molecule has 0 saturated heterocycles. The van der Waals surface area contributed by atoms with Crippen LogP contribution in [0.5, 0.6) is 0 Å². The second kappa shape index (κ2) is 14.1. The number of aryl methyl sites for hydroxylation is 1. The summed E-state index contributed by atoms with van der Waals surface area (Å²) in [5, 5.41) is 2.35. The van der Waals surface area contributed by atoms with Crippen molar-refractivity contribution in [1.82, 2.24) is 10.6 Å². The third-order valence-electron chi connectivity index (χ3n) is 5.55. The Morgan fingerprint density at radius 1 is 1.06 bits per heavy atom. The summed E-state index contributed by atoms with van der Waals surface area (Å²) in [5.74, 6) is 4.37. The standard InChI is InChI=1S/C23H40N2O4S2/c1-18(20(26)24-28-6)7-9-22(2,3)11-13-30-15-16-31-14-12-23(4,5)10-8-19-17-29-25-21(19)27/h17H,1,7-16H2,2-6H3,(H,24,26)(H,25,27). The van der Waals surface area contributed by atoms with Crippen molar-refractivity contribution in [2.24, 2.45) is 10.8 Å². The zero-order valence-corrected chi connectivity index (χ0v) is 21.4. The van der Waals surface area contributed by atoms with E-state index in [0.29, 0.717) is 12.0 Å². The summed E-state index contributed by atoms with van der Waals surface area (Å²) < 4.78 is 4.85. The summed E-state index contributed by atoms with van der Waals surface area (Å²) in [6, 6.07) is 0. The van der Waals surface area contributed by atoms with E-state index in [1.165, 1.54) is 13.4 Å². The smallest absolute Gasteiger partial charge is 0.283 e. The molecule has 0 aliphatic heterocycles. The average molecular weight is 473 g/mol. The lowest BCUT2D eigenvalue weighted by Gasteiger charge is -2.25. The molecule has 0 aliphatic carbocycles. The lowest BCUT2D eigenvalue weighted by Crippen LogP contribution is -2.24. The van der Waals surface area contributed by atoms with Gasteiger partial charge in [-0.25, -0.2) is 5.48 Å². The molecule has 1 aromatic heterocycles. The van der Waals surface area contributed by atoms with Gasteiger partial charge in [-0.1, -0.05) is 34.3 Å². The summed E-state index contributed by atoms with van der Waals surface area (Å²) >= 11 is 4.02. The molecule has 0 atom stereocenters. The third kappa shape index (κ3) is 12.5. The second-order valence-corrected chi connectivity index (χ2v) is 11.9. The molecule has 0 radical (unpaired) electrons. The van der Waals surface area contributed by atoms with Gasteiger partial charge < -0.3 is 4.52 Å². The zero-order chi connectivity index (χ0) is 23.3. The van der Waals surface area contributed by atoms with Gasteiger partial charge in [-0.15, -0.1) is 0 Å². The van der Waals surface area contributed by atoms with Crippen LogP contribution in [0.2, 0.25) is 0 Å². The number of carbonyl (C=O) groups excluding carboxylic acids is 1. The van der Waals surface area contributed by atoms with E-state index in [1.54, 1.807) is 0 Å². The van der Waals surface area contributed by atoms with Crippen LogP contribution in [0.25, 0.3) is 0 Å². The predicted molar refractivity (Wildman–Crippen MR) is 133 cm³/mol. The van der Waals surface area contributed by atoms with E-state index in [1.807, 2.05) is 23.5 Å². The van der Waals surface area contributed by atoms with Crippen LogP contribution in [0.4, 0.5) is 0 Å². The first kappa shape index (κ1) is 27.9. The SMILES string of the molecule is C=C(CCC(C)(C)CCSCCSCCC(C)(C)CCc1co[nH]c1=O)C(=O)NOC. The van der Waals surface area contributed by atoms with Gasteiger partial charge in [0, 0.05) is 17.1 Å². The largest absolute Gasteiger partial charge is 0.387 e. The van der Waals surface area contributed by atoms with Gasteiger partial charge in [-0.2, -0.15) is 28.7 Å². The first-order valence-electron chi connectivity index (χ1n) is 10.9. The number of hydroxylamine groups is 1. The number of amides is 1. The van der Waals surface area contributed by atoms with Gasteiger partial charge in [0.1, 0.15) is 6.26 Å². The van der Waals surface area contributed by atoms with Crippen LogP contribution < -0.4 is 11.0 Å². The molecule has 0 aliphatic rings. The first-order valence-corrected chi connectivity index (χ1v) is 13.2. The monoisotopic (exact) mass is 472 g/mol. The molecular formula is C23H40N2O4S2. The fourth-order valence-corrected chi connectivity index (χ4v) is 5.70. The molecule has 0 aromatic carbocycles. The Labute approximate surface area is 195 Å². The number of aromatic nitrogens is 1. The highest BCUT2D eigenvalue weighted by molar-refractivity contribution is 8.02. The van der Waals surface area contributed by atoms with Crippen LogP contribution in [0.3, 0.4) is 0 Å². The normalized spacial score (nSPS) is 12.2. The Hall–Kier alpha value is -1.12. The second-order valence-electron chi connectivity index (χ2n) is 9.48. The van der Waals surface area contributed by atoms with Gasteiger partial charge in [0.05, 0.1) is 12.7 Å². The molecule has 0 fully saturated rings. The van der Waals surface area contributed by atoms with Gasteiger partial charge in [0.2, 0.25) is 0 Å². The molecule has 2 N–H and O–H groups in total. The highest BCUT2D eigenvalue weighted by atomic mass is 32.2. The van der Waals surface area contributed by atoms with Gasteiger partial charge in [-0.3, -0.25) is 14.4 Å². The Morgan fingerprint density at radius 2 is 1.65 bits per heavy atom. The number of carbonyl (C=O) groups is 1. The quantitative estimate of drug-likeness (QED) is 0.184. The third-order valence-corrected chi connectivity index (χ3v) is 7.78. The number of hydrogen-bond acceptors (Lipinski definition) is 6. The minimum absolute atomic E-state index is 0.105. The van der Waals surface area contributed by atoms with Crippen molar-refractivity contribution in [1.29, 1.82) is 0 Å². The number of thioether (sulfide) groups is 2. The molecule has 6 nitrogen and oxygen atoms in total. The van der Waals surface area contributed by atoms with Crippen LogP contribution in [0, 0.1) is 10.8 Å². The molecule has 1 aromatic rings. The first-order chi connectivity index (χ1) is 14.6. The molecule has 1 heterocycles. The minimum atomic E-state index is -0.233. The molecule has 0 saturated carbocycles. The fraction of sp³-hybridized carbons (Fsp3) is 0.739. The highest BCUT2D eigenvalue weighted by Crippen LogP contribution is 2.31. The Bertz CT molecular complexity index is 725. The maximum absolute atomic E-state index is 11.7. The van der Waals surface area contributed by atoms with Crippen LogP contribution in [-0.2, 0) is 16.1 Å². The Kier molecular flexibility index (Phi) is 12.7. The van der Waals surface area contributed by atoms with Crippen molar-refractivity contribution in [3.05, 3.63) is 34.3 Å². The summed E-state index contributed by atoms with van der Waals surface area (Å²) in [4.78, 5) is 27.8. The maximum Gasteiger partial charge on any atom is 0.283 e. The molecule has 178 valence electrons.